The third-order valence-electron chi connectivity index (χ3n) is 3.25. The molecule has 0 bridgehead atoms. The number of rotatable bonds is 2. The molecule has 2 N–H and O–H groups in total. The Balaban J connectivity index is 1.64. The normalized spacial score (nSPS) is 15.1. The molecule has 0 unspecified atom stereocenters. The molecule has 6 nitrogen and oxygen atoms in total. The third-order valence-corrected chi connectivity index (χ3v) is 3.25. The van der Waals surface area contributed by atoms with Crippen LogP contribution in [0.3, 0.4) is 0 Å². The third kappa shape index (κ3) is 2.80. The van der Waals surface area contributed by atoms with E-state index in [1.54, 1.807) is 11.1 Å². The Bertz CT molecular complexity index is 559. The molecule has 0 aliphatic carbocycles. The number of carbonyl (C=O) groups excluding carboxylic acids is 1. The minimum absolute atomic E-state index is 0.0809. The summed E-state index contributed by atoms with van der Waals surface area (Å²) in [6.07, 6.45) is 1.71. The zero-order valence-electron chi connectivity index (χ0n) is 11.0. The summed E-state index contributed by atoms with van der Waals surface area (Å²) in [5.41, 5.74) is 2.77. The van der Waals surface area contributed by atoms with Crippen LogP contribution in [-0.2, 0) is 4.74 Å². The monoisotopic (exact) mass is 272 g/mol. The number of hydrogen-bond acceptors (Lipinski definition) is 3. The van der Waals surface area contributed by atoms with E-state index in [0.717, 1.165) is 16.9 Å². The Morgan fingerprint density at radius 2 is 1.95 bits per heavy atom. The zero-order chi connectivity index (χ0) is 13.8. The number of anilines is 1. The molecule has 0 spiro atoms. The Labute approximate surface area is 116 Å². The molecule has 0 saturated carbocycles. The van der Waals surface area contributed by atoms with Crippen LogP contribution >= 0.6 is 0 Å². The standard InChI is InChI=1S/C14H16N4O2/c19-14(18-7-9-20-10-8-18)16-12-3-1-11(2-4-12)13-5-6-15-17-13/h1-6H,7-10H2,(H,15,17)(H,16,19). The lowest BCUT2D eigenvalue weighted by molar-refractivity contribution is 0.0564. The van der Waals surface area contributed by atoms with Crippen LogP contribution in [0, 0.1) is 0 Å². The topological polar surface area (TPSA) is 70.2 Å². The van der Waals surface area contributed by atoms with Gasteiger partial charge in [0.05, 0.1) is 18.9 Å². The van der Waals surface area contributed by atoms with Crippen LogP contribution in [0.15, 0.2) is 36.5 Å². The molecule has 104 valence electrons. The molecule has 1 saturated heterocycles. The first-order valence-electron chi connectivity index (χ1n) is 6.56. The first-order valence-corrected chi connectivity index (χ1v) is 6.56. The number of nitrogens with one attached hydrogen (secondary N) is 2. The maximum atomic E-state index is 12.0. The number of morpholine rings is 1. The largest absolute Gasteiger partial charge is 0.378 e. The molecule has 0 atom stereocenters. The minimum atomic E-state index is -0.0809. The molecule has 1 aromatic carbocycles. The lowest BCUT2D eigenvalue weighted by Crippen LogP contribution is -2.43. The van der Waals surface area contributed by atoms with Crippen LogP contribution < -0.4 is 5.32 Å². The van der Waals surface area contributed by atoms with Crippen molar-refractivity contribution in [1.29, 1.82) is 0 Å². The van der Waals surface area contributed by atoms with Crippen molar-refractivity contribution in [2.24, 2.45) is 0 Å². The predicted molar refractivity (Wildman–Crippen MR) is 75.4 cm³/mol. The fourth-order valence-electron chi connectivity index (χ4n) is 2.12. The van der Waals surface area contributed by atoms with Gasteiger partial charge in [-0.15, -0.1) is 0 Å². The van der Waals surface area contributed by atoms with Crippen LogP contribution in [0.5, 0.6) is 0 Å². The SMILES string of the molecule is O=C(Nc1ccc(-c2ccn[nH]2)cc1)N1CCOCC1. The number of hydrogen-bond donors (Lipinski definition) is 2. The number of amides is 2. The summed E-state index contributed by atoms with van der Waals surface area (Å²) in [7, 11) is 0. The maximum absolute atomic E-state index is 12.0. The smallest absolute Gasteiger partial charge is 0.321 e. The highest BCUT2D eigenvalue weighted by molar-refractivity contribution is 5.89. The minimum Gasteiger partial charge on any atom is -0.378 e. The molecular formula is C14H16N4O2. The van der Waals surface area contributed by atoms with E-state index >= 15 is 0 Å². The highest BCUT2D eigenvalue weighted by Gasteiger charge is 2.16. The summed E-state index contributed by atoms with van der Waals surface area (Å²) in [6, 6.07) is 9.48. The molecule has 1 aromatic heterocycles. The molecule has 1 fully saturated rings. The fourth-order valence-corrected chi connectivity index (χ4v) is 2.12. The Hall–Kier alpha value is -2.34. The van der Waals surface area contributed by atoms with Gasteiger partial charge in [-0.1, -0.05) is 12.1 Å². The molecule has 2 heterocycles. The molecule has 2 amide bonds. The van der Waals surface area contributed by atoms with E-state index in [0.29, 0.717) is 26.3 Å². The van der Waals surface area contributed by atoms with Crippen LogP contribution in [-0.4, -0.2) is 47.4 Å². The van der Waals surface area contributed by atoms with Gasteiger partial charge in [-0.2, -0.15) is 5.10 Å². The molecule has 1 aliphatic heterocycles. The molecular weight excluding hydrogens is 256 g/mol. The van der Waals surface area contributed by atoms with Gasteiger partial charge in [-0.3, -0.25) is 5.10 Å². The van der Waals surface area contributed by atoms with Gasteiger partial charge >= 0.3 is 6.03 Å². The van der Waals surface area contributed by atoms with Crippen LogP contribution in [0.25, 0.3) is 11.3 Å². The molecule has 6 heteroatoms. The second-order valence-corrected chi connectivity index (χ2v) is 4.58. The van der Waals surface area contributed by atoms with Crippen molar-refractivity contribution >= 4 is 11.7 Å². The summed E-state index contributed by atoms with van der Waals surface area (Å²) < 4.78 is 5.23. The first kappa shape index (κ1) is 12.7. The highest BCUT2D eigenvalue weighted by Crippen LogP contribution is 2.19. The zero-order valence-corrected chi connectivity index (χ0v) is 11.0. The molecule has 3 rings (SSSR count). The van der Waals surface area contributed by atoms with Crippen molar-refractivity contribution in [2.45, 2.75) is 0 Å². The number of H-pyrrole nitrogens is 1. The van der Waals surface area contributed by atoms with Crippen molar-refractivity contribution < 1.29 is 9.53 Å². The fraction of sp³-hybridized carbons (Fsp3) is 0.286. The number of urea groups is 1. The van der Waals surface area contributed by atoms with E-state index in [1.807, 2.05) is 30.3 Å². The number of ether oxygens (including phenoxy) is 1. The summed E-state index contributed by atoms with van der Waals surface area (Å²) >= 11 is 0. The average molecular weight is 272 g/mol. The van der Waals surface area contributed by atoms with Gasteiger partial charge in [0.2, 0.25) is 0 Å². The molecule has 1 aliphatic rings. The van der Waals surface area contributed by atoms with E-state index in [4.69, 9.17) is 4.74 Å². The van der Waals surface area contributed by atoms with E-state index < -0.39 is 0 Å². The van der Waals surface area contributed by atoms with Crippen molar-refractivity contribution in [1.82, 2.24) is 15.1 Å². The number of carbonyl (C=O) groups is 1. The van der Waals surface area contributed by atoms with Crippen molar-refractivity contribution in [3.05, 3.63) is 36.5 Å². The van der Waals surface area contributed by atoms with Gasteiger partial charge in [0.1, 0.15) is 0 Å². The number of benzene rings is 1. The highest BCUT2D eigenvalue weighted by atomic mass is 16.5. The van der Waals surface area contributed by atoms with Crippen molar-refractivity contribution in [2.75, 3.05) is 31.6 Å². The van der Waals surface area contributed by atoms with Crippen LogP contribution in [0.1, 0.15) is 0 Å². The molecule has 0 radical (unpaired) electrons. The van der Waals surface area contributed by atoms with Gasteiger partial charge in [0.15, 0.2) is 0 Å². The Kier molecular flexibility index (Phi) is 3.64. The average Bonchev–Trinajstić information content (AvgIpc) is 3.03. The van der Waals surface area contributed by atoms with E-state index in [-0.39, 0.29) is 6.03 Å². The molecule has 20 heavy (non-hydrogen) atoms. The number of aromatic amines is 1. The lowest BCUT2D eigenvalue weighted by atomic mass is 10.1. The first-order chi connectivity index (χ1) is 9.83. The van der Waals surface area contributed by atoms with Crippen LogP contribution in [0.4, 0.5) is 10.5 Å². The van der Waals surface area contributed by atoms with Gasteiger partial charge in [0.25, 0.3) is 0 Å². The number of aromatic nitrogens is 2. The predicted octanol–water partition coefficient (Wildman–Crippen LogP) is 1.94. The quantitative estimate of drug-likeness (QED) is 0.877. The van der Waals surface area contributed by atoms with E-state index in [9.17, 15) is 4.79 Å². The van der Waals surface area contributed by atoms with E-state index in [1.165, 1.54) is 0 Å². The molecule has 2 aromatic rings. The summed E-state index contributed by atoms with van der Waals surface area (Å²) in [5.74, 6) is 0. The summed E-state index contributed by atoms with van der Waals surface area (Å²) in [6.45, 7) is 2.48. The number of nitrogens with zero attached hydrogens (tertiary/aromatic N) is 2. The summed E-state index contributed by atoms with van der Waals surface area (Å²) in [5, 5.41) is 9.71. The van der Waals surface area contributed by atoms with Gasteiger partial charge in [0, 0.05) is 25.0 Å². The second-order valence-electron chi connectivity index (χ2n) is 4.58. The van der Waals surface area contributed by atoms with E-state index in [2.05, 4.69) is 15.5 Å². The maximum Gasteiger partial charge on any atom is 0.321 e. The van der Waals surface area contributed by atoms with Crippen molar-refractivity contribution in [3.63, 3.8) is 0 Å². The Morgan fingerprint density at radius 3 is 2.60 bits per heavy atom. The second kappa shape index (κ2) is 5.75. The van der Waals surface area contributed by atoms with Gasteiger partial charge in [-0.25, -0.2) is 4.79 Å². The van der Waals surface area contributed by atoms with Gasteiger partial charge < -0.3 is 15.0 Å². The van der Waals surface area contributed by atoms with Gasteiger partial charge in [-0.05, 0) is 23.8 Å². The Morgan fingerprint density at radius 1 is 1.20 bits per heavy atom. The van der Waals surface area contributed by atoms with Crippen molar-refractivity contribution in [3.8, 4) is 11.3 Å². The lowest BCUT2D eigenvalue weighted by Gasteiger charge is -2.26. The summed E-state index contributed by atoms with van der Waals surface area (Å²) in [4.78, 5) is 13.8. The van der Waals surface area contributed by atoms with Crippen LogP contribution in [0.2, 0.25) is 0 Å².